The molecule has 1 aromatic heterocycles. The highest BCUT2D eigenvalue weighted by molar-refractivity contribution is 5.94. The Morgan fingerprint density at radius 3 is 2.32 bits per heavy atom. The van der Waals surface area contributed by atoms with Gasteiger partial charge in [0.2, 0.25) is 0 Å². The number of anilines is 1. The second-order valence-electron chi connectivity index (χ2n) is 6.45. The molecular formula is C19H20N4O2. The molecule has 1 fully saturated rings. The van der Waals surface area contributed by atoms with Crippen LogP contribution < -0.4 is 10.6 Å². The molecule has 128 valence electrons. The van der Waals surface area contributed by atoms with Crippen LogP contribution in [0, 0.1) is 6.92 Å². The Morgan fingerprint density at radius 2 is 1.60 bits per heavy atom. The van der Waals surface area contributed by atoms with Crippen molar-refractivity contribution in [3.05, 3.63) is 64.1 Å². The predicted octanol–water partition coefficient (Wildman–Crippen LogP) is 2.13. The van der Waals surface area contributed by atoms with E-state index in [2.05, 4.69) is 14.9 Å². The van der Waals surface area contributed by atoms with Crippen molar-refractivity contribution in [3.8, 4) is 0 Å². The van der Waals surface area contributed by atoms with Crippen molar-refractivity contribution < 1.29 is 4.79 Å². The molecule has 0 atom stereocenters. The third-order valence-corrected chi connectivity index (χ3v) is 4.73. The van der Waals surface area contributed by atoms with Gasteiger partial charge in [-0.15, -0.1) is 0 Å². The molecule has 1 amide bonds. The smallest absolute Gasteiger partial charge is 0.323 e. The summed E-state index contributed by atoms with van der Waals surface area (Å²) in [6.45, 7) is 4.94. The first-order chi connectivity index (χ1) is 12.1. The van der Waals surface area contributed by atoms with Gasteiger partial charge in [0.05, 0.1) is 11.0 Å². The number of aromatic nitrogens is 2. The highest BCUT2D eigenvalue weighted by Crippen LogP contribution is 2.21. The molecule has 1 saturated heterocycles. The number of piperazine rings is 1. The van der Waals surface area contributed by atoms with E-state index in [4.69, 9.17) is 0 Å². The van der Waals surface area contributed by atoms with Crippen LogP contribution in [-0.2, 0) is 0 Å². The summed E-state index contributed by atoms with van der Waals surface area (Å²) in [6, 6.07) is 13.6. The number of nitrogens with zero attached hydrogens (tertiary/aromatic N) is 2. The zero-order valence-electron chi connectivity index (χ0n) is 14.1. The SMILES string of the molecule is Cc1ccc(C(=O)N2CCN(c3ccc4[nH]c(=O)[nH]c4c3)CC2)cc1. The van der Waals surface area contributed by atoms with Gasteiger partial charge in [-0.2, -0.15) is 0 Å². The average molecular weight is 336 g/mol. The van der Waals surface area contributed by atoms with Crippen molar-refractivity contribution in [1.82, 2.24) is 14.9 Å². The molecular weight excluding hydrogens is 316 g/mol. The lowest BCUT2D eigenvalue weighted by Gasteiger charge is -2.36. The first-order valence-electron chi connectivity index (χ1n) is 8.43. The third kappa shape index (κ3) is 3.03. The Kier molecular flexibility index (Phi) is 3.80. The summed E-state index contributed by atoms with van der Waals surface area (Å²) in [7, 11) is 0. The standard InChI is InChI=1S/C19H20N4O2/c1-13-2-4-14(5-3-13)18(24)23-10-8-22(9-11-23)15-6-7-16-17(12-15)21-19(25)20-16/h2-7,12H,8-11H2,1H3,(H2,20,21,25). The normalized spacial score (nSPS) is 14.9. The van der Waals surface area contributed by atoms with Crippen LogP contribution in [0.1, 0.15) is 15.9 Å². The molecule has 0 radical (unpaired) electrons. The number of imidazole rings is 1. The fraction of sp³-hybridized carbons (Fsp3) is 0.263. The maximum Gasteiger partial charge on any atom is 0.323 e. The molecule has 0 aliphatic carbocycles. The molecule has 1 aliphatic rings. The Balaban J connectivity index is 1.45. The molecule has 0 saturated carbocycles. The largest absolute Gasteiger partial charge is 0.368 e. The second-order valence-corrected chi connectivity index (χ2v) is 6.45. The van der Waals surface area contributed by atoms with Gasteiger partial charge in [0.15, 0.2) is 0 Å². The molecule has 2 N–H and O–H groups in total. The van der Waals surface area contributed by atoms with Crippen molar-refractivity contribution in [2.24, 2.45) is 0 Å². The minimum atomic E-state index is -0.194. The molecule has 25 heavy (non-hydrogen) atoms. The van der Waals surface area contributed by atoms with Crippen LogP contribution in [-0.4, -0.2) is 47.0 Å². The number of amides is 1. The molecule has 0 bridgehead atoms. The molecule has 1 aliphatic heterocycles. The molecule has 0 unspecified atom stereocenters. The summed E-state index contributed by atoms with van der Waals surface area (Å²) in [5.74, 6) is 0.0880. The maximum atomic E-state index is 12.6. The Labute approximate surface area is 145 Å². The van der Waals surface area contributed by atoms with E-state index in [9.17, 15) is 9.59 Å². The first kappa shape index (κ1) is 15.5. The molecule has 0 spiro atoms. The minimum Gasteiger partial charge on any atom is -0.368 e. The Bertz CT molecular complexity index is 963. The van der Waals surface area contributed by atoms with E-state index < -0.39 is 0 Å². The van der Waals surface area contributed by atoms with E-state index in [1.807, 2.05) is 54.3 Å². The van der Waals surface area contributed by atoms with Crippen molar-refractivity contribution in [2.45, 2.75) is 6.92 Å². The fourth-order valence-electron chi connectivity index (χ4n) is 3.26. The number of nitrogens with one attached hydrogen (secondary N) is 2. The molecule has 4 rings (SSSR count). The van der Waals surface area contributed by atoms with E-state index in [-0.39, 0.29) is 11.6 Å². The van der Waals surface area contributed by atoms with Gasteiger partial charge < -0.3 is 19.8 Å². The Morgan fingerprint density at radius 1 is 0.920 bits per heavy atom. The summed E-state index contributed by atoms with van der Waals surface area (Å²) < 4.78 is 0. The summed E-state index contributed by atoms with van der Waals surface area (Å²) >= 11 is 0. The van der Waals surface area contributed by atoms with Gasteiger partial charge in [0, 0.05) is 37.4 Å². The quantitative estimate of drug-likeness (QED) is 0.753. The lowest BCUT2D eigenvalue weighted by Crippen LogP contribution is -2.48. The Hall–Kier alpha value is -3.02. The summed E-state index contributed by atoms with van der Waals surface area (Å²) in [6.07, 6.45) is 0. The van der Waals surface area contributed by atoms with Gasteiger partial charge in [-0.05, 0) is 37.3 Å². The van der Waals surface area contributed by atoms with Crippen LogP contribution in [0.3, 0.4) is 0 Å². The van der Waals surface area contributed by atoms with Gasteiger partial charge in [0.1, 0.15) is 0 Å². The van der Waals surface area contributed by atoms with E-state index in [0.717, 1.165) is 40.9 Å². The second kappa shape index (κ2) is 6.12. The number of H-pyrrole nitrogens is 2. The van der Waals surface area contributed by atoms with E-state index in [1.165, 1.54) is 0 Å². The number of aromatic amines is 2. The van der Waals surface area contributed by atoms with Gasteiger partial charge in [-0.3, -0.25) is 4.79 Å². The van der Waals surface area contributed by atoms with Crippen molar-refractivity contribution in [1.29, 1.82) is 0 Å². The number of hydrogen-bond acceptors (Lipinski definition) is 3. The van der Waals surface area contributed by atoms with E-state index >= 15 is 0 Å². The number of carbonyl (C=O) groups is 1. The summed E-state index contributed by atoms with van der Waals surface area (Å²) in [5, 5.41) is 0. The number of aryl methyl sites for hydroxylation is 1. The monoisotopic (exact) mass is 336 g/mol. The van der Waals surface area contributed by atoms with Crippen LogP contribution in [0.5, 0.6) is 0 Å². The van der Waals surface area contributed by atoms with Crippen LogP contribution in [0.15, 0.2) is 47.3 Å². The number of rotatable bonds is 2. The van der Waals surface area contributed by atoms with E-state index in [0.29, 0.717) is 13.1 Å². The van der Waals surface area contributed by atoms with Gasteiger partial charge in [0.25, 0.3) is 5.91 Å². The topological polar surface area (TPSA) is 72.2 Å². The number of fused-ring (bicyclic) bond motifs is 1. The number of carbonyl (C=O) groups excluding carboxylic acids is 1. The molecule has 3 aromatic rings. The zero-order valence-corrected chi connectivity index (χ0v) is 14.1. The highest BCUT2D eigenvalue weighted by atomic mass is 16.2. The number of benzene rings is 2. The van der Waals surface area contributed by atoms with Gasteiger partial charge in [-0.25, -0.2) is 4.79 Å². The lowest BCUT2D eigenvalue weighted by atomic mass is 10.1. The fourth-order valence-corrected chi connectivity index (χ4v) is 3.26. The van der Waals surface area contributed by atoms with Crippen LogP contribution in [0.4, 0.5) is 5.69 Å². The lowest BCUT2D eigenvalue weighted by molar-refractivity contribution is 0.0747. The summed E-state index contributed by atoms with van der Waals surface area (Å²) in [5.41, 5.74) is 4.37. The van der Waals surface area contributed by atoms with Gasteiger partial charge in [-0.1, -0.05) is 17.7 Å². The summed E-state index contributed by atoms with van der Waals surface area (Å²) in [4.78, 5) is 33.7. The number of hydrogen-bond donors (Lipinski definition) is 2. The molecule has 2 aromatic carbocycles. The molecule has 6 heteroatoms. The molecule has 2 heterocycles. The van der Waals surface area contributed by atoms with Crippen LogP contribution in [0.2, 0.25) is 0 Å². The average Bonchev–Trinajstić information content (AvgIpc) is 3.01. The van der Waals surface area contributed by atoms with Gasteiger partial charge >= 0.3 is 5.69 Å². The van der Waals surface area contributed by atoms with Crippen LogP contribution >= 0.6 is 0 Å². The zero-order chi connectivity index (χ0) is 17.4. The minimum absolute atomic E-state index is 0.0880. The highest BCUT2D eigenvalue weighted by Gasteiger charge is 2.22. The van der Waals surface area contributed by atoms with Crippen molar-refractivity contribution >= 4 is 22.6 Å². The first-order valence-corrected chi connectivity index (χ1v) is 8.43. The van der Waals surface area contributed by atoms with Crippen molar-refractivity contribution in [2.75, 3.05) is 31.1 Å². The van der Waals surface area contributed by atoms with Crippen molar-refractivity contribution in [3.63, 3.8) is 0 Å². The van der Waals surface area contributed by atoms with Crippen LogP contribution in [0.25, 0.3) is 11.0 Å². The maximum absolute atomic E-state index is 12.6. The van der Waals surface area contributed by atoms with E-state index in [1.54, 1.807) is 0 Å². The molecule has 6 nitrogen and oxygen atoms in total. The predicted molar refractivity (Wildman–Crippen MR) is 98.2 cm³/mol. The third-order valence-electron chi connectivity index (χ3n) is 4.73.